The van der Waals surface area contributed by atoms with E-state index in [0.29, 0.717) is 49.1 Å². The molecule has 2 aromatic heterocycles. The summed E-state index contributed by atoms with van der Waals surface area (Å²) in [6, 6.07) is 8.20. The largest absolute Gasteiger partial charge is 0.481 e. The zero-order valence-corrected chi connectivity index (χ0v) is 24.3. The minimum absolute atomic E-state index is 0.0586. The number of aromatic nitrogens is 3. The van der Waals surface area contributed by atoms with Crippen LogP contribution in [-0.2, 0) is 17.8 Å². The first-order valence-electron chi connectivity index (χ1n) is 13.9. The van der Waals surface area contributed by atoms with Crippen molar-refractivity contribution in [2.75, 3.05) is 50.0 Å². The van der Waals surface area contributed by atoms with Crippen LogP contribution < -0.4 is 10.2 Å². The van der Waals surface area contributed by atoms with Crippen LogP contribution in [0.1, 0.15) is 36.7 Å². The Labute approximate surface area is 243 Å². The standard InChI is InChI=1S/C29H36ClF2N7O2/c1-18-13-25(36-35-18)34-24-14-23(38-11-9-37(3)10-12-38)27(32)22(33-24)16-29(28(40)41)7-8-39(19(2)15-29)17-20-5-4-6-21(30)26(20)31/h4-6,13-14,19H,7-12,15-17H2,1-3H3,(H,40,41)(H2,33,34,35,36)/t19-,29-/m1/s1. The molecule has 0 amide bonds. The van der Waals surface area contributed by atoms with E-state index in [9.17, 15) is 14.3 Å². The fourth-order valence-electron chi connectivity index (χ4n) is 5.89. The number of nitrogens with one attached hydrogen (secondary N) is 2. The molecule has 0 spiro atoms. The maximum absolute atomic E-state index is 16.2. The van der Waals surface area contributed by atoms with Gasteiger partial charge in [-0.3, -0.25) is 14.8 Å². The molecule has 12 heteroatoms. The van der Waals surface area contributed by atoms with E-state index in [4.69, 9.17) is 11.6 Å². The van der Waals surface area contributed by atoms with Gasteiger partial charge in [-0.15, -0.1) is 0 Å². The molecule has 220 valence electrons. The summed E-state index contributed by atoms with van der Waals surface area (Å²) in [6.45, 7) is 7.40. The van der Waals surface area contributed by atoms with Gasteiger partial charge in [-0.25, -0.2) is 13.8 Å². The molecule has 2 atom stereocenters. The van der Waals surface area contributed by atoms with E-state index in [1.807, 2.05) is 36.8 Å². The van der Waals surface area contributed by atoms with Gasteiger partial charge in [0.1, 0.15) is 11.6 Å². The number of benzene rings is 1. The fourth-order valence-corrected chi connectivity index (χ4v) is 6.08. The number of likely N-dealkylation sites (N-methyl/N-ethyl adjacent to an activating group) is 1. The number of anilines is 3. The maximum Gasteiger partial charge on any atom is 0.310 e. The Balaban J connectivity index is 1.43. The lowest BCUT2D eigenvalue weighted by Gasteiger charge is -2.43. The number of hydrogen-bond donors (Lipinski definition) is 3. The van der Waals surface area contributed by atoms with Crippen molar-refractivity contribution in [1.29, 1.82) is 0 Å². The van der Waals surface area contributed by atoms with Gasteiger partial charge in [-0.2, -0.15) is 5.10 Å². The first-order chi connectivity index (χ1) is 19.5. The van der Waals surface area contributed by atoms with E-state index in [1.54, 1.807) is 18.2 Å². The van der Waals surface area contributed by atoms with E-state index in [2.05, 4.69) is 25.4 Å². The zero-order chi connectivity index (χ0) is 29.3. The molecule has 4 heterocycles. The van der Waals surface area contributed by atoms with Crippen molar-refractivity contribution in [3.8, 4) is 0 Å². The molecule has 0 bridgehead atoms. The van der Waals surface area contributed by atoms with Gasteiger partial charge in [-0.1, -0.05) is 23.7 Å². The van der Waals surface area contributed by atoms with Crippen molar-refractivity contribution in [3.05, 3.63) is 63.9 Å². The summed E-state index contributed by atoms with van der Waals surface area (Å²) in [4.78, 5) is 23.6. The summed E-state index contributed by atoms with van der Waals surface area (Å²) in [5.74, 6) is -0.989. The number of H-pyrrole nitrogens is 1. The van der Waals surface area contributed by atoms with Crippen molar-refractivity contribution in [3.63, 3.8) is 0 Å². The molecule has 2 fully saturated rings. The minimum atomic E-state index is -1.22. The second-order valence-corrected chi connectivity index (χ2v) is 11.8. The highest BCUT2D eigenvalue weighted by molar-refractivity contribution is 6.30. The molecular formula is C29H36ClF2N7O2. The van der Waals surface area contributed by atoms with Crippen molar-refractivity contribution in [2.24, 2.45) is 5.41 Å². The number of piperidine rings is 1. The van der Waals surface area contributed by atoms with Gasteiger partial charge in [-0.05, 0) is 46.3 Å². The number of aliphatic carboxylic acids is 1. The number of carboxylic acid groups (broad SMARTS) is 1. The number of carboxylic acids is 1. The number of pyridine rings is 1. The summed E-state index contributed by atoms with van der Waals surface area (Å²) in [5.41, 5.74) is 0.610. The Morgan fingerprint density at radius 3 is 2.59 bits per heavy atom. The van der Waals surface area contributed by atoms with Crippen LogP contribution in [0.2, 0.25) is 5.02 Å². The Kier molecular flexibility index (Phi) is 8.49. The van der Waals surface area contributed by atoms with Crippen molar-refractivity contribution in [1.82, 2.24) is 25.0 Å². The third-order valence-electron chi connectivity index (χ3n) is 8.36. The summed E-state index contributed by atoms with van der Waals surface area (Å²) >= 11 is 5.97. The van der Waals surface area contributed by atoms with Crippen LogP contribution in [0.4, 0.5) is 26.1 Å². The van der Waals surface area contributed by atoms with Gasteiger partial charge in [0.05, 0.1) is 21.8 Å². The average molecular weight is 588 g/mol. The molecule has 0 saturated carbocycles. The highest BCUT2D eigenvalue weighted by Gasteiger charge is 2.45. The SMILES string of the molecule is Cc1cc(Nc2cc(N3CCN(C)CC3)c(F)c(C[C@@]3(C(=O)O)CCN(Cc4cccc(Cl)c4F)[C@H](C)C3)n2)n[nH]1. The fraction of sp³-hybridized carbons (Fsp3) is 0.483. The molecule has 3 aromatic rings. The van der Waals surface area contributed by atoms with Crippen LogP contribution in [0, 0.1) is 24.0 Å². The molecule has 0 radical (unpaired) electrons. The highest BCUT2D eigenvalue weighted by Crippen LogP contribution is 2.41. The first kappa shape index (κ1) is 29.2. The van der Waals surface area contributed by atoms with E-state index in [0.717, 1.165) is 18.8 Å². The van der Waals surface area contributed by atoms with E-state index >= 15 is 4.39 Å². The molecule has 3 N–H and O–H groups in total. The molecule has 41 heavy (non-hydrogen) atoms. The second kappa shape index (κ2) is 11.9. The smallest absolute Gasteiger partial charge is 0.310 e. The molecule has 2 aliphatic rings. The number of carbonyl (C=O) groups is 1. The molecular weight excluding hydrogens is 552 g/mol. The lowest BCUT2D eigenvalue weighted by Crippen LogP contribution is -2.50. The molecule has 5 rings (SSSR count). The number of piperazine rings is 1. The third kappa shape index (κ3) is 6.32. The molecule has 0 unspecified atom stereocenters. The number of aromatic amines is 1. The predicted octanol–water partition coefficient (Wildman–Crippen LogP) is 4.84. The Bertz CT molecular complexity index is 1410. The Hall–Kier alpha value is -3.28. The van der Waals surface area contributed by atoms with Crippen molar-refractivity contribution in [2.45, 2.75) is 45.7 Å². The number of nitrogens with zero attached hydrogens (tertiary/aromatic N) is 5. The quantitative estimate of drug-likeness (QED) is 0.344. The molecule has 2 saturated heterocycles. The van der Waals surface area contributed by atoms with Gasteiger partial charge in [0.2, 0.25) is 0 Å². The lowest BCUT2D eigenvalue weighted by molar-refractivity contribution is -0.153. The van der Waals surface area contributed by atoms with Crippen LogP contribution in [0.25, 0.3) is 0 Å². The normalized spacial score (nSPS) is 22.2. The van der Waals surface area contributed by atoms with Gasteiger partial charge >= 0.3 is 5.97 Å². The molecule has 1 aromatic carbocycles. The van der Waals surface area contributed by atoms with Crippen LogP contribution >= 0.6 is 11.6 Å². The lowest BCUT2D eigenvalue weighted by atomic mass is 9.72. The summed E-state index contributed by atoms with van der Waals surface area (Å²) < 4.78 is 30.8. The van der Waals surface area contributed by atoms with Crippen molar-refractivity contribution < 1.29 is 18.7 Å². The summed E-state index contributed by atoms with van der Waals surface area (Å²) in [7, 11) is 2.03. The van der Waals surface area contributed by atoms with Gasteiger partial charge in [0.15, 0.2) is 11.6 Å². The molecule has 0 aliphatic carbocycles. The minimum Gasteiger partial charge on any atom is -0.481 e. The molecule has 9 nitrogen and oxygen atoms in total. The average Bonchev–Trinajstić information content (AvgIpc) is 3.34. The van der Waals surface area contributed by atoms with Crippen LogP contribution in [-0.4, -0.2) is 81.9 Å². The Morgan fingerprint density at radius 1 is 1.17 bits per heavy atom. The number of likely N-dealkylation sites (tertiary alicyclic amines) is 1. The maximum atomic E-state index is 16.2. The second-order valence-electron chi connectivity index (χ2n) is 11.4. The monoisotopic (exact) mass is 587 g/mol. The van der Waals surface area contributed by atoms with E-state index < -0.39 is 23.0 Å². The van der Waals surface area contributed by atoms with Gasteiger partial charge in [0.25, 0.3) is 0 Å². The third-order valence-corrected chi connectivity index (χ3v) is 8.66. The highest BCUT2D eigenvalue weighted by atomic mass is 35.5. The topological polar surface area (TPSA) is 101 Å². The number of hydrogen-bond acceptors (Lipinski definition) is 7. The predicted molar refractivity (Wildman–Crippen MR) is 155 cm³/mol. The van der Waals surface area contributed by atoms with Crippen LogP contribution in [0.15, 0.2) is 30.3 Å². The first-order valence-corrected chi connectivity index (χ1v) is 14.2. The van der Waals surface area contributed by atoms with Crippen molar-refractivity contribution >= 4 is 34.9 Å². The van der Waals surface area contributed by atoms with Gasteiger partial charge < -0.3 is 20.2 Å². The van der Waals surface area contributed by atoms with E-state index in [-0.39, 0.29) is 36.0 Å². The number of aryl methyl sites for hydroxylation is 1. The van der Waals surface area contributed by atoms with E-state index in [1.165, 1.54) is 6.07 Å². The zero-order valence-electron chi connectivity index (χ0n) is 23.6. The van der Waals surface area contributed by atoms with Crippen LogP contribution in [0.5, 0.6) is 0 Å². The number of halogens is 3. The van der Waals surface area contributed by atoms with Crippen LogP contribution in [0.3, 0.4) is 0 Å². The summed E-state index contributed by atoms with van der Waals surface area (Å²) in [5, 5.41) is 20.8. The van der Waals surface area contributed by atoms with Gasteiger partial charge in [0, 0.05) is 68.6 Å². The number of rotatable bonds is 8. The Morgan fingerprint density at radius 2 is 1.93 bits per heavy atom. The summed E-state index contributed by atoms with van der Waals surface area (Å²) in [6.07, 6.45) is 0.482. The molecule has 2 aliphatic heterocycles.